The lowest BCUT2D eigenvalue weighted by Gasteiger charge is -2.38. The van der Waals surface area contributed by atoms with E-state index in [9.17, 15) is 4.79 Å². The number of carbonyl (C=O) groups is 1. The maximum Gasteiger partial charge on any atom is 0.237 e. The molecule has 2 aliphatic rings. The van der Waals surface area contributed by atoms with Gasteiger partial charge < -0.3 is 14.8 Å². The molecule has 2 aromatic rings. The molecule has 1 N–H and O–H groups in total. The van der Waals surface area contributed by atoms with E-state index < -0.39 is 0 Å². The van der Waals surface area contributed by atoms with Gasteiger partial charge in [0.25, 0.3) is 0 Å². The van der Waals surface area contributed by atoms with Gasteiger partial charge in [0.15, 0.2) is 0 Å². The van der Waals surface area contributed by atoms with Gasteiger partial charge in [0.1, 0.15) is 17.6 Å². The van der Waals surface area contributed by atoms with E-state index in [0.29, 0.717) is 6.04 Å². The van der Waals surface area contributed by atoms with Crippen LogP contribution in [0.15, 0.2) is 54.6 Å². The van der Waals surface area contributed by atoms with Gasteiger partial charge in [-0.1, -0.05) is 30.3 Å². The number of piperidine rings is 1. The van der Waals surface area contributed by atoms with E-state index in [0.717, 1.165) is 56.9 Å². The van der Waals surface area contributed by atoms with Crippen LogP contribution in [0.4, 0.5) is 0 Å². The van der Waals surface area contributed by atoms with E-state index in [1.807, 2.05) is 42.5 Å². The number of amides is 1. The second-order valence-corrected chi connectivity index (χ2v) is 8.47. The van der Waals surface area contributed by atoms with Crippen molar-refractivity contribution >= 4 is 5.91 Å². The fourth-order valence-electron chi connectivity index (χ4n) is 4.86. The zero-order valence-corrected chi connectivity index (χ0v) is 18.5. The maximum atomic E-state index is 12.6. The number of methoxy groups -OCH3 is 1. The van der Waals surface area contributed by atoms with Crippen LogP contribution in [0.2, 0.25) is 0 Å². The summed E-state index contributed by atoms with van der Waals surface area (Å²) in [5.41, 5.74) is 1.28. The second kappa shape index (κ2) is 10.2. The van der Waals surface area contributed by atoms with Gasteiger partial charge in [-0.25, -0.2) is 0 Å². The van der Waals surface area contributed by atoms with E-state index in [-0.39, 0.29) is 18.1 Å². The third kappa shape index (κ3) is 5.38. The molecule has 0 unspecified atom stereocenters. The van der Waals surface area contributed by atoms with E-state index >= 15 is 0 Å². The molecule has 0 aliphatic carbocycles. The summed E-state index contributed by atoms with van der Waals surface area (Å²) in [5.74, 6) is 1.87. The molecule has 6 nitrogen and oxygen atoms in total. The van der Waals surface area contributed by atoms with Crippen molar-refractivity contribution in [2.45, 2.75) is 44.0 Å². The molecule has 0 spiro atoms. The first kappa shape index (κ1) is 21.7. The van der Waals surface area contributed by atoms with Crippen LogP contribution < -0.4 is 14.8 Å². The summed E-state index contributed by atoms with van der Waals surface area (Å²) in [5, 5.41) is 2.85. The Hall–Kier alpha value is -2.57. The van der Waals surface area contributed by atoms with Crippen molar-refractivity contribution in [1.29, 1.82) is 0 Å². The first-order valence-corrected chi connectivity index (χ1v) is 11.2. The normalized spacial score (nSPS) is 22.9. The van der Waals surface area contributed by atoms with Crippen molar-refractivity contribution in [2.75, 3.05) is 33.8 Å². The zero-order chi connectivity index (χ0) is 21.6. The highest BCUT2D eigenvalue weighted by atomic mass is 16.5. The number of benzene rings is 2. The smallest absolute Gasteiger partial charge is 0.237 e. The molecule has 2 aromatic carbocycles. The lowest BCUT2D eigenvalue weighted by Crippen LogP contribution is -2.50. The number of hydrogen-bond acceptors (Lipinski definition) is 5. The second-order valence-electron chi connectivity index (χ2n) is 8.47. The minimum atomic E-state index is -0.117. The molecule has 2 aliphatic heterocycles. The fourth-order valence-corrected chi connectivity index (χ4v) is 4.86. The SMILES string of the molecule is CNC(=O)[C@@H]1C[C@H](Oc2ccccc2)CN1C1CCN(Cc2cccc(OC)c2)CC1. The average molecular weight is 424 g/mol. The predicted molar refractivity (Wildman–Crippen MR) is 121 cm³/mol. The molecule has 0 radical (unpaired) electrons. The molecule has 0 aromatic heterocycles. The summed E-state index contributed by atoms with van der Waals surface area (Å²) in [4.78, 5) is 17.5. The highest BCUT2D eigenvalue weighted by Gasteiger charge is 2.41. The largest absolute Gasteiger partial charge is 0.497 e. The van der Waals surface area contributed by atoms with Crippen molar-refractivity contribution in [2.24, 2.45) is 0 Å². The Labute approximate surface area is 185 Å². The van der Waals surface area contributed by atoms with Crippen LogP contribution in [0.5, 0.6) is 11.5 Å². The van der Waals surface area contributed by atoms with Gasteiger partial charge in [-0.2, -0.15) is 0 Å². The zero-order valence-electron chi connectivity index (χ0n) is 18.5. The third-order valence-electron chi connectivity index (χ3n) is 6.46. The summed E-state index contributed by atoms with van der Waals surface area (Å²) in [6.07, 6.45) is 2.91. The number of carbonyl (C=O) groups excluding carboxylic acids is 1. The van der Waals surface area contributed by atoms with Crippen LogP contribution in [0, 0.1) is 0 Å². The lowest BCUT2D eigenvalue weighted by atomic mass is 10.0. The highest BCUT2D eigenvalue weighted by molar-refractivity contribution is 5.81. The lowest BCUT2D eigenvalue weighted by molar-refractivity contribution is -0.126. The minimum Gasteiger partial charge on any atom is -0.497 e. The summed E-state index contributed by atoms with van der Waals surface area (Å²) in [7, 11) is 3.43. The number of likely N-dealkylation sites (tertiary alicyclic amines) is 2. The van der Waals surface area contributed by atoms with Gasteiger partial charge in [-0.05, 0) is 55.8 Å². The molecule has 166 valence electrons. The number of ether oxygens (including phenoxy) is 2. The summed E-state index contributed by atoms with van der Waals surface area (Å²) in [6, 6.07) is 18.5. The minimum absolute atomic E-state index is 0.0412. The van der Waals surface area contributed by atoms with Gasteiger partial charge in [0, 0.05) is 32.6 Å². The topological polar surface area (TPSA) is 54.0 Å². The number of nitrogens with zero attached hydrogens (tertiary/aromatic N) is 2. The van der Waals surface area contributed by atoms with Gasteiger partial charge >= 0.3 is 0 Å². The standard InChI is InChI=1S/C25H33N3O3/c1-26-25(29)24-16-23(31-21-8-4-3-5-9-21)18-28(24)20-11-13-27(14-12-20)17-19-7-6-10-22(15-19)30-2/h3-10,15,20,23-24H,11-14,16-18H2,1-2H3,(H,26,29)/t23-,24-/m0/s1. The molecule has 0 saturated carbocycles. The fraction of sp³-hybridized carbons (Fsp3) is 0.480. The van der Waals surface area contributed by atoms with Crippen LogP contribution in [-0.4, -0.2) is 67.7 Å². The van der Waals surface area contributed by atoms with Gasteiger partial charge in [-0.3, -0.25) is 14.6 Å². The molecule has 2 fully saturated rings. The van der Waals surface area contributed by atoms with Crippen molar-refractivity contribution < 1.29 is 14.3 Å². The molecule has 1 amide bonds. The average Bonchev–Trinajstić information content (AvgIpc) is 3.23. The Morgan fingerprint density at radius 1 is 1.06 bits per heavy atom. The molecule has 6 heteroatoms. The first-order chi connectivity index (χ1) is 15.2. The Morgan fingerprint density at radius 2 is 1.81 bits per heavy atom. The van der Waals surface area contributed by atoms with Crippen molar-refractivity contribution in [3.8, 4) is 11.5 Å². The maximum absolute atomic E-state index is 12.6. The number of rotatable bonds is 7. The highest BCUT2D eigenvalue weighted by Crippen LogP contribution is 2.29. The molecular formula is C25H33N3O3. The number of nitrogens with one attached hydrogen (secondary N) is 1. The summed E-state index contributed by atoms with van der Waals surface area (Å²) >= 11 is 0. The molecule has 31 heavy (non-hydrogen) atoms. The summed E-state index contributed by atoms with van der Waals surface area (Å²) in [6.45, 7) is 3.79. The predicted octanol–water partition coefficient (Wildman–Crippen LogP) is 2.93. The number of hydrogen-bond donors (Lipinski definition) is 1. The molecule has 2 saturated heterocycles. The summed E-state index contributed by atoms with van der Waals surface area (Å²) < 4.78 is 11.6. The quantitative estimate of drug-likeness (QED) is 0.742. The molecule has 2 atom stereocenters. The van der Waals surface area contributed by atoms with Gasteiger partial charge in [0.05, 0.1) is 13.2 Å². The molecule has 4 rings (SSSR count). The number of likely N-dealkylation sites (N-methyl/N-ethyl adjacent to an activating group) is 1. The monoisotopic (exact) mass is 423 g/mol. The van der Waals surface area contributed by atoms with Crippen LogP contribution in [0.25, 0.3) is 0 Å². The van der Waals surface area contributed by atoms with E-state index in [1.54, 1.807) is 14.2 Å². The van der Waals surface area contributed by atoms with Gasteiger partial charge in [0.2, 0.25) is 5.91 Å². The Bertz CT molecular complexity index is 852. The molecular weight excluding hydrogens is 390 g/mol. The van der Waals surface area contributed by atoms with Gasteiger partial charge in [-0.15, -0.1) is 0 Å². The van der Waals surface area contributed by atoms with Crippen molar-refractivity contribution in [3.63, 3.8) is 0 Å². The van der Waals surface area contributed by atoms with Crippen LogP contribution in [0.3, 0.4) is 0 Å². The van der Waals surface area contributed by atoms with Crippen LogP contribution in [0.1, 0.15) is 24.8 Å². The Kier molecular flexibility index (Phi) is 7.10. The number of para-hydroxylation sites is 1. The Morgan fingerprint density at radius 3 is 2.52 bits per heavy atom. The van der Waals surface area contributed by atoms with Crippen molar-refractivity contribution in [3.05, 3.63) is 60.2 Å². The van der Waals surface area contributed by atoms with E-state index in [1.165, 1.54) is 5.56 Å². The molecule has 2 heterocycles. The van der Waals surface area contributed by atoms with Crippen molar-refractivity contribution in [1.82, 2.24) is 15.1 Å². The van der Waals surface area contributed by atoms with Crippen LogP contribution in [-0.2, 0) is 11.3 Å². The third-order valence-corrected chi connectivity index (χ3v) is 6.46. The molecule has 0 bridgehead atoms. The van der Waals surface area contributed by atoms with E-state index in [2.05, 4.69) is 27.2 Å². The Balaban J connectivity index is 1.35. The first-order valence-electron chi connectivity index (χ1n) is 11.2. The van der Waals surface area contributed by atoms with E-state index in [4.69, 9.17) is 9.47 Å². The van der Waals surface area contributed by atoms with Crippen LogP contribution >= 0.6 is 0 Å².